The minimum Gasteiger partial charge on any atom is -0.476 e. The van der Waals surface area contributed by atoms with Crippen LogP contribution in [0.15, 0.2) is 28.8 Å². The van der Waals surface area contributed by atoms with Crippen LogP contribution in [-0.4, -0.2) is 16.2 Å². The van der Waals surface area contributed by atoms with Crippen molar-refractivity contribution in [2.45, 2.75) is 13.8 Å². The van der Waals surface area contributed by atoms with Gasteiger partial charge in [0.25, 0.3) is 0 Å². The largest absolute Gasteiger partial charge is 0.476 e. The lowest BCUT2D eigenvalue weighted by molar-refractivity contribution is 0.0686. The summed E-state index contributed by atoms with van der Waals surface area (Å²) in [5.74, 6) is -0.554. The van der Waals surface area contributed by atoms with E-state index < -0.39 is 5.97 Å². The zero-order chi connectivity index (χ0) is 11.7. The molecule has 2 rings (SSSR count). The van der Waals surface area contributed by atoms with Gasteiger partial charge < -0.3 is 9.63 Å². The van der Waals surface area contributed by atoms with Gasteiger partial charge in [0.05, 0.1) is 5.56 Å². The molecule has 1 heterocycles. The van der Waals surface area contributed by atoms with Crippen LogP contribution >= 0.6 is 0 Å². The van der Waals surface area contributed by atoms with Crippen LogP contribution in [0.2, 0.25) is 0 Å². The minimum atomic E-state index is -1.07. The molecule has 2 aromatic rings. The number of carbonyl (C=O) groups is 1. The molecule has 0 spiro atoms. The molecule has 0 saturated heterocycles. The number of nitrogens with zero attached hydrogens (tertiary/aromatic N) is 1. The van der Waals surface area contributed by atoms with E-state index in [-0.39, 0.29) is 5.69 Å². The van der Waals surface area contributed by atoms with Gasteiger partial charge >= 0.3 is 5.97 Å². The molecule has 0 aliphatic carbocycles. The molecule has 1 aromatic heterocycles. The van der Waals surface area contributed by atoms with Gasteiger partial charge in [0.2, 0.25) is 0 Å². The summed E-state index contributed by atoms with van der Waals surface area (Å²) in [4.78, 5) is 11.0. The topological polar surface area (TPSA) is 63.3 Å². The van der Waals surface area contributed by atoms with Crippen molar-refractivity contribution in [1.29, 1.82) is 0 Å². The Kier molecular flexibility index (Phi) is 2.48. The van der Waals surface area contributed by atoms with Gasteiger partial charge in [-0.25, -0.2) is 4.79 Å². The third-order valence-corrected chi connectivity index (χ3v) is 2.48. The van der Waals surface area contributed by atoms with Crippen molar-refractivity contribution >= 4 is 5.97 Å². The molecule has 0 aliphatic heterocycles. The SMILES string of the molecule is Cc1ccccc1-c1c(C(=O)O)noc1C. The Bertz CT molecular complexity index is 543. The maximum atomic E-state index is 11.0. The molecule has 0 saturated carbocycles. The number of aryl methyl sites for hydroxylation is 2. The molecule has 0 radical (unpaired) electrons. The first-order chi connectivity index (χ1) is 7.61. The van der Waals surface area contributed by atoms with Crippen LogP contribution in [0.4, 0.5) is 0 Å². The van der Waals surface area contributed by atoms with Gasteiger partial charge in [0.15, 0.2) is 5.69 Å². The molecule has 16 heavy (non-hydrogen) atoms. The molecule has 82 valence electrons. The molecule has 0 unspecified atom stereocenters. The lowest BCUT2D eigenvalue weighted by Gasteiger charge is -2.03. The predicted octanol–water partition coefficient (Wildman–Crippen LogP) is 2.66. The van der Waals surface area contributed by atoms with Crippen molar-refractivity contribution in [1.82, 2.24) is 5.16 Å². The van der Waals surface area contributed by atoms with E-state index in [1.54, 1.807) is 6.92 Å². The Morgan fingerprint density at radius 3 is 2.62 bits per heavy atom. The normalized spacial score (nSPS) is 10.4. The number of hydrogen-bond donors (Lipinski definition) is 1. The van der Waals surface area contributed by atoms with Crippen LogP contribution in [0.5, 0.6) is 0 Å². The predicted molar refractivity (Wildman–Crippen MR) is 58.4 cm³/mol. The quantitative estimate of drug-likeness (QED) is 0.839. The molecule has 0 atom stereocenters. The molecule has 0 fully saturated rings. The highest BCUT2D eigenvalue weighted by atomic mass is 16.5. The fourth-order valence-corrected chi connectivity index (χ4v) is 1.69. The number of rotatable bonds is 2. The Labute approximate surface area is 92.5 Å². The zero-order valence-electron chi connectivity index (χ0n) is 9.02. The standard InChI is InChI=1S/C12H11NO3/c1-7-5-3-4-6-9(7)10-8(2)16-13-11(10)12(14)15/h3-6H,1-2H3,(H,14,15). The highest BCUT2D eigenvalue weighted by Crippen LogP contribution is 2.29. The Balaban J connectivity index is 2.68. The maximum Gasteiger partial charge on any atom is 0.358 e. The number of hydrogen-bond acceptors (Lipinski definition) is 3. The lowest BCUT2D eigenvalue weighted by Crippen LogP contribution is -1.99. The lowest BCUT2D eigenvalue weighted by atomic mass is 9.99. The molecule has 1 N–H and O–H groups in total. The van der Waals surface area contributed by atoms with E-state index in [9.17, 15) is 4.79 Å². The number of carboxylic acid groups (broad SMARTS) is 1. The van der Waals surface area contributed by atoms with Gasteiger partial charge in [-0.05, 0) is 25.0 Å². The van der Waals surface area contributed by atoms with Crippen LogP contribution in [0.25, 0.3) is 11.1 Å². The molecule has 4 nitrogen and oxygen atoms in total. The maximum absolute atomic E-state index is 11.0. The zero-order valence-corrected chi connectivity index (χ0v) is 9.02. The fourth-order valence-electron chi connectivity index (χ4n) is 1.69. The van der Waals surface area contributed by atoms with Gasteiger partial charge in [0.1, 0.15) is 5.76 Å². The third-order valence-electron chi connectivity index (χ3n) is 2.48. The Morgan fingerprint density at radius 2 is 2.00 bits per heavy atom. The van der Waals surface area contributed by atoms with Crippen LogP contribution in [0.3, 0.4) is 0 Å². The second kappa shape index (κ2) is 3.81. The Morgan fingerprint density at radius 1 is 1.31 bits per heavy atom. The summed E-state index contributed by atoms with van der Waals surface area (Å²) in [5.41, 5.74) is 2.37. The molecule has 0 bridgehead atoms. The van der Waals surface area contributed by atoms with Crippen molar-refractivity contribution in [3.8, 4) is 11.1 Å². The first-order valence-corrected chi connectivity index (χ1v) is 4.87. The summed E-state index contributed by atoms with van der Waals surface area (Å²) < 4.78 is 4.94. The van der Waals surface area contributed by atoms with Crippen LogP contribution < -0.4 is 0 Å². The van der Waals surface area contributed by atoms with E-state index in [0.717, 1.165) is 11.1 Å². The fraction of sp³-hybridized carbons (Fsp3) is 0.167. The van der Waals surface area contributed by atoms with E-state index in [1.165, 1.54) is 0 Å². The average Bonchev–Trinajstić information content (AvgIpc) is 2.61. The van der Waals surface area contributed by atoms with E-state index in [4.69, 9.17) is 9.63 Å². The summed E-state index contributed by atoms with van der Waals surface area (Å²) in [6, 6.07) is 7.55. The number of carboxylic acids is 1. The second-order valence-corrected chi connectivity index (χ2v) is 3.58. The van der Waals surface area contributed by atoms with Gasteiger partial charge in [-0.3, -0.25) is 0 Å². The summed E-state index contributed by atoms with van der Waals surface area (Å²) in [5, 5.41) is 12.6. The van der Waals surface area contributed by atoms with Gasteiger partial charge in [-0.2, -0.15) is 0 Å². The van der Waals surface area contributed by atoms with Crippen LogP contribution in [0, 0.1) is 13.8 Å². The van der Waals surface area contributed by atoms with Crippen LogP contribution in [0.1, 0.15) is 21.8 Å². The van der Waals surface area contributed by atoms with Gasteiger partial charge in [-0.1, -0.05) is 29.4 Å². The average molecular weight is 217 g/mol. The molecule has 0 amide bonds. The second-order valence-electron chi connectivity index (χ2n) is 3.58. The minimum absolute atomic E-state index is 0.0354. The third kappa shape index (κ3) is 1.58. The molecular weight excluding hydrogens is 206 g/mol. The number of benzene rings is 1. The molecular formula is C12H11NO3. The molecule has 1 aromatic carbocycles. The van der Waals surface area contributed by atoms with E-state index >= 15 is 0 Å². The first kappa shape index (κ1) is 10.4. The van der Waals surface area contributed by atoms with Crippen molar-refractivity contribution in [2.24, 2.45) is 0 Å². The monoisotopic (exact) mass is 217 g/mol. The summed E-state index contributed by atoms with van der Waals surface area (Å²) >= 11 is 0. The molecule has 4 heteroatoms. The summed E-state index contributed by atoms with van der Waals surface area (Å²) in [6.07, 6.45) is 0. The van der Waals surface area contributed by atoms with Crippen molar-refractivity contribution in [3.05, 3.63) is 41.3 Å². The highest BCUT2D eigenvalue weighted by molar-refractivity contribution is 5.94. The van der Waals surface area contributed by atoms with Gasteiger partial charge in [-0.15, -0.1) is 0 Å². The van der Waals surface area contributed by atoms with E-state index in [1.807, 2.05) is 31.2 Å². The summed E-state index contributed by atoms with van der Waals surface area (Å²) in [6.45, 7) is 3.63. The Hall–Kier alpha value is -2.10. The van der Waals surface area contributed by atoms with Crippen molar-refractivity contribution in [2.75, 3.05) is 0 Å². The summed E-state index contributed by atoms with van der Waals surface area (Å²) in [7, 11) is 0. The smallest absolute Gasteiger partial charge is 0.358 e. The van der Waals surface area contributed by atoms with E-state index in [2.05, 4.69) is 5.16 Å². The highest BCUT2D eigenvalue weighted by Gasteiger charge is 2.21. The van der Waals surface area contributed by atoms with E-state index in [0.29, 0.717) is 11.3 Å². The van der Waals surface area contributed by atoms with Crippen molar-refractivity contribution < 1.29 is 14.4 Å². The number of aromatic nitrogens is 1. The molecule has 0 aliphatic rings. The van der Waals surface area contributed by atoms with Crippen LogP contribution in [-0.2, 0) is 0 Å². The first-order valence-electron chi connectivity index (χ1n) is 4.87. The number of aromatic carboxylic acids is 1. The van der Waals surface area contributed by atoms with Gasteiger partial charge in [0, 0.05) is 0 Å². The van der Waals surface area contributed by atoms with Crippen molar-refractivity contribution in [3.63, 3.8) is 0 Å².